The first kappa shape index (κ1) is 11.5. The summed E-state index contributed by atoms with van der Waals surface area (Å²) < 4.78 is 0. The molecule has 0 amide bonds. The zero-order valence-electron chi connectivity index (χ0n) is 9.17. The van der Waals surface area contributed by atoms with Gasteiger partial charge in [0.15, 0.2) is 0 Å². The van der Waals surface area contributed by atoms with E-state index in [0.29, 0.717) is 12.3 Å². The van der Waals surface area contributed by atoms with Crippen molar-refractivity contribution < 1.29 is 9.90 Å². The fourth-order valence-electron chi connectivity index (χ4n) is 2.40. The van der Waals surface area contributed by atoms with Crippen molar-refractivity contribution in [3.8, 4) is 0 Å². The molecule has 0 aromatic carbocycles. The smallest absolute Gasteiger partial charge is 0.303 e. The van der Waals surface area contributed by atoms with Crippen LogP contribution < -0.4 is 0 Å². The highest BCUT2D eigenvalue weighted by Gasteiger charge is 2.15. The van der Waals surface area contributed by atoms with E-state index in [9.17, 15) is 4.79 Å². The summed E-state index contributed by atoms with van der Waals surface area (Å²) in [6, 6.07) is 0. The second-order valence-electron chi connectivity index (χ2n) is 4.78. The number of carbonyl (C=O) groups is 1. The van der Waals surface area contributed by atoms with Gasteiger partial charge in [-0.25, -0.2) is 0 Å². The summed E-state index contributed by atoms with van der Waals surface area (Å²) in [5, 5.41) is 8.62. The third-order valence-electron chi connectivity index (χ3n) is 3.32. The van der Waals surface area contributed by atoms with Crippen LogP contribution in [-0.4, -0.2) is 11.1 Å². The van der Waals surface area contributed by atoms with Gasteiger partial charge in [-0.3, -0.25) is 4.79 Å². The van der Waals surface area contributed by atoms with E-state index in [-0.39, 0.29) is 0 Å². The molecule has 1 N–H and O–H groups in total. The van der Waals surface area contributed by atoms with Crippen molar-refractivity contribution in [1.82, 2.24) is 0 Å². The van der Waals surface area contributed by atoms with Crippen molar-refractivity contribution in [2.24, 2.45) is 11.8 Å². The summed E-state index contributed by atoms with van der Waals surface area (Å²) in [5.41, 5.74) is 0. The standard InChI is InChI=1S/C12H22O2/c1-10(9-12(13)14)7-8-11-5-3-2-4-6-11/h10-11H,2-9H2,1H3,(H,13,14)/t10-/m1/s1. The van der Waals surface area contributed by atoms with Crippen LogP contribution in [0, 0.1) is 11.8 Å². The maximum atomic E-state index is 10.5. The highest BCUT2D eigenvalue weighted by Crippen LogP contribution is 2.28. The molecule has 0 unspecified atom stereocenters. The normalized spacial score (nSPS) is 20.6. The number of aliphatic carboxylic acids is 1. The van der Waals surface area contributed by atoms with Crippen LogP contribution in [0.2, 0.25) is 0 Å². The van der Waals surface area contributed by atoms with Gasteiger partial charge in [0.05, 0.1) is 0 Å². The molecular formula is C12H22O2. The zero-order valence-corrected chi connectivity index (χ0v) is 9.17. The Bertz CT molecular complexity index is 171. The Morgan fingerprint density at radius 3 is 2.57 bits per heavy atom. The SMILES string of the molecule is C[C@H](CCC1CCCCC1)CC(=O)O. The molecule has 0 heterocycles. The molecule has 1 aliphatic rings. The van der Waals surface area contributed by atoms with Gasteiger partial charge < -0.3 is 5.11 Å². The van der Waals surface area contributed by atoms with E-state index >= 15 is 0 Å². The summed E-state index contributed by atoms with van der Waals surface area (Å²) in [6.07, 6.45) is 9.61. The average Bonchev–Trinajstić information content (AvgIpc) is 2.15. The molecule has 0 radical (unpaired) electrons. The summed E-state index contributed by atoms with van der Waals surface area (Å²) in [7, 11) is 0. The molecule has 0 bridgehead atoms. The van der Waals surface area contributed by atoms with Gasteiger partial charge >= 0.3 is 5.97 Å². The molecule has 82 valence electrons. The van der Waals surface area contributed by atoms with Crippen molar-refractivity contribution in [1.29, 1.82) is 0 Å². The van der Waals surface area contributed by atoms with Gasteiger partial charge in [-0.2, -0.15) is 0 Å². The van der Waals surface area contributed by atoms with E-state index in [1.54, 1.807) is 0 Å². The first-order valence-corrected chi connectivity index (χ1v) is 5.90. The Morgan fingerprint density at radius 2 is 2.00 bits per heavy atom. The summed E-state index contributed by atoms with van der Waals surface area (Å²) >= 11 is 0. The van der Waals surface area contributed by atoms with Gasteiger partial charge in [0.2, 0.25) is 0 Å². The Kier molecular flexibility index (Phi) is 4.99. The second-order valence-corrected chi connectivity index (χ2v) is 4.78. The molecule has 1 rings (SSSR count). The van der Waals surface area contributed by atoms with Gasteiger partial charge in [0, 0.05) is 6.42 Å². The highest BCUT2D eigenvalue weighted by molar-refractivity contribution is 5.66. The number of carboxylic acid groups (broad SMARTS) is 1. The maximum Gasteiger partial charge on any atom is 0.303 e. The Hall–Kier alpha value is -0.530. The van der Waals surface area contributed by atoms with Crippen molar-refractivity contribution in [3.63, 3.8) is 0 Å². The van der Waals surface area contributed by atoms with Crippen LogP contribution in [0.1, 0.15) is 58.3 Å². The molecule has 0 aromatic heterocycles. The van der Waals surface area contributed by atoms with Crippen LogP contribution in [-0.2, 0) is 4.79 Å². The maximum absolute atomic E-state index is 10.5. The quantitative estimate of drug-likeness (QED) is 0.734. The Balaban J connectivity index is 2.09. The van der Waals surface area contributed by atoms with Gasteiger partial charge in [0.1, 0.15) is 0 Å². The fraction of sp³-hybridized carbons (Fsp3) is 0.917. The van der Waals surface area contributed by atoms with Crippen LogP contribution in [0.15, 0.2) is 0 Å². The fourth-order valence-corrected chi connectivity index (χ4v) is 2.40. The van der Waals surface area contributed by atoms with Crippen LogP contribution in [0.25, 0.3) is 0 Å². The third-order valence-corrected chi connectivity index (χ3v) is 3.32. The summed E-state index contributed by atoms with van der Waals surface area (Å²) in [5.74, 6) is 0.593. The van der Waals surface area contributed by atoms with E-state index in [1.165, 1.54) is 38.5 Å². The molecule has 1 fully saturated rings. The zero-order chi connectivity index (χ0) is 10.4. The molecule has 14 heavy (non-hydrogen) atoms. The van der Waals surface area contributed by atoms with Crippen LogP contribution in [0.3, 0.4) is 0 Å². The Morgan fingerprint density at radius 1 is 1.36 bits per heavy atom. The molecule has 0 aromatic rings. The lowest BCUT2D eigenvalue weighted by Gasteiger charge is -2.22. The summed E-state index contributed by atoms with van der Waals surface area (Å²) in [4.78, 5) is 10.5. The van der Waals surface area contributed by atoms with Crippen molar-refractivity contribution in [2.75, 3.05) is 0 Å². The first-order chi connectivity index (χ1) is 6.68. The number of rotatable bonds is 5. The van der Waals surface area contributed by atoms with E-state index < -0.39 is 5.97 Å². The van der Waals surface area contributed by atoms with Crippen molar-refractivity contribution in [3.05, 3.63) is 0 Å². The second kappa shape index (κ2) is 6.05. The van der Waals surface area contributed by atoms with E-state index in [1.807, 2.05) is 0 Å². The average molecular weight is 198 g/mol. The molecule has 0 aliphatic heterocycles. The minimum absolute atomic E-state index is 0.340. The lowest BCUT2D eigenvalue weighted by molar-refractivity contribution is -0.138. The van der Waals surface area contributed by atoms with Gasteiger partial charge in [0.25, 0.3) is 0 Å². The first-order valence-electron chi connectivity index (χ1n) is 5.90. The molecule has 2 heteroatoms. The van der Waals surface area contributed by atoms with Crippen molar-refractivity contribution in [2.45, 2.75) is 58.3 Å². The molecule has 1 atom stereocenters. The van der Waals surface area contributed by atoms with E-state index in [2.05, 4.69) is 6.92 Å². The number of carboxylic acids is 1. The molecule has 1 aliphatic carbocycles. The largest absolute Gasteiger partial charge is 0.481 e. The molecule has 1 saturated carbocycles. The third kappa shape index (κ3) is 4.64. The molecular weight excluding hydrogens is 176 g/mol. The minimum atomic E-state index is -0.652. The molecule has 0 spiro atoms. The monoisotopic (exact) mass is 198 g/mol. The topological polar surface area (TPSA) is 37.3 Å². The Labute approximate surface area is 86.7 Å². The molecule has 0 saturated heterocycles. The predicted octanol–water partition coefficient (Wildman–Crippen LogP) is 3.46. The predicted molar refractivity (Wildman–Crippen MR) is 57.2 cm³/mol. The number of hydrogen-bond donors (Lipinski definition) is 1. The van der Waals surface area contributed by atoms with Crippen LogP contribution in [0.4, 0.5) is 0 Å². The van der Waals surface area contributed by atoms with E-state index in [0.717, 1.165) is 12.3 Å². The summed E-state index contributed by atoms with van der Waals surface area (Å²) in [6.45, 7) is 2.05. The van der Waals surface area contributed by atoms with Gasteiger partial charge in [-0.15, -0.1) is 0 Å². The molecule has 2 nitrogen and oxygen atoms in total. The lowest BCUT2D eigenvalue weighted by Crippen LogP contribution is -2.10. The highest BCUT2D eigenvalue weighted by atomic mass is 16.4. The van der Waals surface area contributed by atoms with Crippen molar-refractivity contribution >= 4 is 5.97 Å². The lowest BCUT2D eigenvalue weighted by atomic mass is 9.84. The van der Waals surface area contributed by atoms with Crippen LogP contribution in [0.5, 0.6) is 0 Å². The van der Waals surface area contributed by atoms with Gasteiger partial charge in [-0.1, -0.05) is 45.4 Å². The minimum Gasteiger partial charge on any atom is -0.481 e. The van der Waals surface area contributed by atoms with Gasteiger partial charge in [-0.05, 0) is 18.3 Å². The number of hydrogen-bond acceptors (Lipinski definition) is 1. The van der Waals surface area contributed by atoms with Crippen LogP contribution >= 0.6 is 0 Å². The van der Waals surface area contributed by atoms with E-state index in [4.69, 9.17) is 5.11 Å².